The average molecular weight is 392 g/mol. The predicted octanol–water partition coefficient (Wildman–Crippen LogP) is 3.44. The van der Waals surface area contributed by atoms with E-state index in [0.29, 0.717) is 11.3 Å². The maximum absolute atomic E-state index is 12.4. The fourth-order valence-electron chi connectivity index (χ4n) is 1.71. The molecule has 0 unspecified atom stereocenters. The lowest BCUT2D eigenvalue weighted by molar-refractivity contribution is 0.185. The Morgan fingerprint density at radius 2 is 2.14 bits per heavy atom. The summed E-state index contributed by atoms with van der Waals surface area (Å²) in [5.74, 6) is 0. The van der Waals surface area contributed by atoms with Gasteiger partial charge in [-0.1, -0.05) is 33.6 Å². The molecule has 112 valence electrons. The summed E-state index contributed by atoms with van der Waals surface area (Å²) in [7, 11) is -2.29. The minimum absolute atomic E-state index is 0.0741. The summed E-state index contributed by atoms with van der Waals surface area (Å²) in [5.41, 5.74) is 1.12. The number of sulfonamides is 1. The smallest absolute Gasteiger partial charge is 0.264 e. The fourth-order valence-corrected chi connectivity index (χ4v) is 3.71. The zero-order chi connectivity index (χ0) is 15.5. The molecule has 0 bridgehead atoms. The Bertz CT molecular complexity index is 753. The molecule has 21 heavy (non-hydrogen) atoms. The number of hydrogen-bond donors (Lipinski definition) is 1. The Labute approximate surface area is 136 Å². The van der Waals surface area contributed by atoms with Crippen LogP contribution in [-0.4, -0.2) is 20.5 Å². The molecule has 2 aromatic rings. The van der Waals surface area contributed by atoms with Gasteiger partial charge in [-0.05, 0) is 18.2 Å². The van der Waals surface area contributed by atoms with Gasteiger partial charge >= 0.3 is 0 Å². The highest BCUT2D eigenvalue weighted by atomic mass is 79.9. The van der Waals surface area contributed by atoms with Gasteiger partial charge in [0.1, 0.15) is 4.90 Å². The molecule has 0 saturated heterocycles. The van der Waals surface area contributed by atoms with Crippen molar-refractivity contribution in [2.75, 3.05) is 11.8 Å². The van der Waals surface area contributed by atoms with E-state index in [1.165, 1.54) is 25.6 Å². The summed E-state index contributed by atoms with van der Waals surface area (Å²) >= 11 is 9.29. The lowest BCUT2D eigenvalue weighted by Gasteiger charge is -2.14. The number of methoxy groups -OCH3 is 1. The van der Waals surface area contributed by atoms with Crippen LogP contribution < -0.4 is 4.72 Å². The van der Waals surface area contributed by atoms with Crippen LogP contribution in [0.15, 0.2) is 46.0 Å². The SMILES string of the molecule is COCc1c(Br)cccc1NS(=O)(=O)c1cnccc1Cl. The highest BCUT2D eigenvalue weighted by Gasteiger charge is 2.20. The van der Waals surface area contributed by atoms with Crippen LogP contribution in [-0.2, 0) is 21.4 Å². The Balaban J connectivity index is 2.42. The van der Waals surface area contributed by atoms with Crippen LogP contribution in [0.5, 0.6) is 0 Å². The quantitative estimate of drug-likeness (QED) is 0.847. The molecular formula is C13H12BrClN2O3S. The molecule has 0 spiro atoms. The highest BCUT2D eigenvalue weighted by Crippen LogP contribution is 2.29. The number of pyridine rings is 1. The fraction of sp³-hybridized carbons (Fsp3) is 0.154. The van der Waals surface area contributed by atoms with E-state index in [4.69, 9.17) is 16.3 Å². The lowest BCUT2D eigenvalue weighted by atomic mass is 10.2. The van der Waals surface area contributed by atoms with Crippen LogP contribution >= 0.6 is 27.5 Å². The predicted molar refractivity (Wildman–Crippen MR) is 84.9 cm³/mol. The van der Waals surface area contributed by atoms with E-state index in [1.807, 2.05) is 6.07 Å². The van der Waals surface area contributed by atoms with Crippen molar-refractivity contribution in [1.29, 1.82) is 0 Å². The van der Waals surface area contributed by atoms with Crippen molar-refractivity contribution in [3.63, 3.8) is 0 Å². The molecule has 0 aliphatic rings. The Hall–Kier alpha value is -1.15. The number of hydrogen-bond acceptors (Lipinski definition) is 4. The van der Waals surface area contributed by atoms with Gasteiger partial charge in [-0.25, -0.2) is 8.42 Å². The standard InChI is InChI=1S/C13H12BrClN2O3S/c1-20-8-9-10(14)3-2-4-12(9)17-21(18,19)13-7-16-6-5-11(13)15/h2-7,17H,8H2,1H3. The first-order chi connectivity index (χ1) is 9.95. The number of ether oxygens (including phenoxy) is 1. The number of rotatable bonds is 5. The van der Waals surface area contributed by atoms with Gasteiger partial charge in [0, 0.05) is 29.5 Å². The van der Waals surface area contributed by atoms with Gasteiger partial charge in [-0.15, -0.1) is 0 Å². The maximum atomic E-state index is 12.4. The first-order valence-corrected chi connectivity index (χ1v) is 8.50. The monoisotopic (exact) mass is 390 g/mol. The second-order valence-corrected chi connectivity index (χ2v) is 7.02. The molecule has 0 amide bonds. The van der Waals surface area contributed by atoms with Crippen LogP contribution in [0.1, 0.15) is 5.56 Å². The average Bonchev–Trinajstić information content (AvgIpc) is 2.43. The number of halogens is 2. The molecule has 0 aliphatic heterocycles. The zero-order valence-corrected chi connectivity index (χ0v) is 14.2. The topological polar surface area (TPSA) is 68.3 Å². The van der Waals surface area contributed by atoms with Crippen molar-refractivity contribution in [3.05, 3.63) is 51.7 Å². The third-order valence-electron chi connectivity index (χ3n) is 2.68. The van der Waals surface area contributed by atoms with Crippen molar-refractivity contribution in [2.45, 2.75) is 11.5 Å². The molecule has 0 saturated carbocycles. The molecule has 5 nitrogen and oxygen atoms in total. The molecule has 1 aromatic heterocycles. The van der Waals surface area contributed by atoms with E-state index in [-0.39, 0.29) is 16.5 Å². The summed E-state index contributed by atoms with van der Waals surface area (Å²) in [6.07, 6.45) is 2.63. The highest BCUT2D eigenvalue weighted by molar-refractivity contribution is 9.10. The van der Waals surface area contributed by atoms with Crippen molar-refractivity contribution in [3.8, 4) is 0 Å². The summed E-state index contributed by atoms with van der Waals surface area (Å²) in [5, 5.41) is 0.112. The minimum Gasteiger partial charge on any atom is -0.380 e. The number of aromatic nitrogens is 1. The number of benzene rings is 1. The second-order valence-electron chi connectivity index (χ2n) is 4.11. The second kappa shape index (κ2) is 6.74. The Morgan fingerprint density at radius 1 is 1.38 bits per heavy atom. The molecule has 8 heteroatoms. The van der Waals surface area contributed by atoms with Crippen LogP contribution in [0.2, 0.25) is 5.02 Å². The van der Waals surface area contributed by atoms with Crippen molar-refractivity contribution in [1.82, 2.24) is 4.98 Å². The molecular weight excluding hydrogens is 380 g/mol. The van der Waals surface area contributed by atoms with Gasteiger partial charge < -0.3 is 4.74 Å². The van der Waals surface area contributed by atoms with Crippen LogP contribution in [0.25, 0.3) is 0 Å². The van der Waals surface area contributed by atoms with E-state index in [9.17, 15) is 8.42 Å². The third-order valence-corrected chi connectivity index (χ3v) is 5.25. The van der Waals surface area contributed by atoms with Gasteiger partial charge in [0.2, 0.25) is 0 Å². The summed E-state index contributed by atoms with van der Waals surface area (Å²) in [6.45, 7) is 0.264. The largest absolute Gasteiger partial charge is 0.380 e. The van der Waals surface area contributed by atoms with Crippen molar-refractivity contribution < 1.29 is 13.2 Å². The van der Waals surface area contributed by atoms with Crippen LogP contribution in [0.3, 0.4) is 0 Å². The van der Waals surface area contributed by atoms with E-state index in [1.54, 1.807) is 12.1 Å². The zero-order valence-electron chi connectivity index (χ0n) is 11.0. The summed E-state index contributed by atoms with van der Waals surface area (Å²) in [6, 6.07) is 6.61. The first-order valence-electron chi connectivity index (χ1n) is 5.84. The number of anilines is 1. The molecule has 0 atom stereocenters. The van der Waals surface area contributed by atoms with Gasteiger partial charge in [0.25, 0.3) is 10.0 Å². The van der Waals surface area contributed by atoms with Crippen LogP contribution in [0.4, 0.5) is 5.69 Å². The molecule has 1 heterocycles. The van der Waals surface area contributed by atoms with E-state index < -0.39 is 10.0 Å². The van der Waals surface area contributed by atoms with Gasteiger partial charge in [-0.3, -0.25) is 9.71 Å². The first kappa shape index (κ1) is 16.2. The Kier molecular flexibility index (Phi) is 5.21. The summed E-state index contributed by atoms with van der Waals surface area (Å²) < 4.78 is 33.1. The summed E-state index contributed by atoms with van der Waals surface area (Å²) in [4.78, 5) is 3.72. The molecule has 2 rings (SSSR count). The van der Waals surface area contributed by atoms with Gasteiger partial charge in [0.05, 0.1) is 17.3 Å². The molecule has 0 aliphatic carbocycles. The molecule has 1 aromatic carbocycles. The maximum Gasteiger partial charge on any atom is 0.264 e. The molecule has 0 fully saturated rings. The van der Waals surface area contributed by atoms with E-state index in [2.05, 4.69) is 25.6 Å². The minimum atomic E-state index is -3.82. The number of nitrogens with one attached hydrogen (secondary N) is 1. The Morgan fingerprint density at radius 3 is 2.81 bits per heavy atom. The van der Waals surface area contributed by atoms with Crippen molar-refractivity contribution >= 4 is 43.2 Å². The molecule has 1 N–H and O–H groups in total. The van der Waals surface area contributed by atoms with E-state index >= 15 is 0 Å². The number of nitrogens with zero attached hydrogens (tertiary/aromatic N) is 1. The third kappa shape index (κ3) is 3.74. The van der Waals surface area contributed by atoms with E-state index in [0.717, 1.165) is 4.47 Å². The van der Waals surface area contributed by atoms with Gasteiger partial charge in [-0.2, -0.15) is 0 Å². The normalized spacial score (nSPS) is 11.4. The van der Waals surface area contributed by atoms with Gasteiger partial charge in [0.15, 0.2) is 0 Å². The lowest BCUT2D eigenvalue weighted by Crippen LogP contribution is -2.15. The van der Waals surface area contributed by atoms with Crippen LogP contribution in [0, 0.1) is 0 Å². The van der Waals surface area contributed by atoms with Crippen molar-refractivity contribution in [2.24, 2.45) is 0 Å². The molecule has 0 radical (unpaired) electrons.